The van der Waals surface area contributed by atoms with Crippen LogP contribution in [0.2, 0.25) is 0 Å². The van der Waals surface area contributed by atoms with Crippen molar-refractivity contribution in [3.05, 3.63) is 42.0 Å². The van der Waals surface area contributed by atoms with Crippen molar-refractivity contribution >= 4 is 17.6 Å². The molecule has 2 heterocycles. The summed E-state index contributed by atoms with van der Waals surface area (Å²) in [6, 6.07) is 9.08. The van der Waals surface area contributed by atoms with Crippen molar-refractivity contribution in [1.29, 1.82) is 0 Å². The molecule has 0 aliphatic carbocycles. The monoisotopic (exact) mass is 398 g/mol. The van der Waals surface area contributed by atoms with Crippen LogP contribution in [0.5, 0.6) is 0 Å². The number of benzene rings is 1. The molecule has 0 aromatic heterocycles. The molecular weight excluding hydrogens is 364 g/mol. The summed E-state index contributed by atoms with van der Waals surface area (Å²) in [5.41, 5.74) is 2.47. The van der Waals surface area contributed by atoms with Crippen molar-refractivity contribution in [2.45, 2.75) is 32.4 Å². The van der Waals surface area contributed by atoms with Crippen LogP contribution in [0.25, 0.3) is 0 Å². The molecule has 1 saturated heterocycles. The van der Waals surface area contributed by atoms with Gasteiger partial charge in [0.15, 0.2) is 5.96 Å². The fourth-order valence-corrected chi connectivity index (χ4v) is 3.70. The number of carbonyl (C=O) groups is 1. The SMILES string of the molecule is CCNC(=NCc1ccc(N2CC=CC2)cc1)NC1CCN(CC(=O)NC)CC1. The van der Waals surface area contributed by atoms with E-state index in [1.54, 1.807) is 7.05 Å². The summed E-state index contributed by atoms with van der Waals surface area (Å²) < 4.78 is 0. The van der Waals surface area contributed by atoms with Crippen LogP contribution in [0.15, 0.2) is 41.4 Å². The fourth-order valence-electron chi connectivity index (χ4n) is 3.70. The van der Waals surface area contributed by atoms with Gasteiger partial charge < -0.3 is 20.9 Å². The van der Waals surface area contributed by atoms with Crippen LogP contribution in [0.1, 0.15) is 25.3 Å². The second kappa shape index (κ2) is 10.9. The molecule has 158 valence electrons. The lowest BCUT2D eigenvalue weighted by Crippen LogP contribution is -2.50. The van der Waals surface area contributed by atoms with Gasteiger partial charge in [-0.05, 0) is 37.5 Å². The highest BCUT2D eigenvalue weighted by Crippen LogP contribution is 2.18. The first-order chi connectivity index (χ1) is 14.2. The van der Waals surface area contributed by atoms with E-state index in [0.29, 0.717) is 19.1 Å². The number of hydrogen-bond donors (Lipinski definition) is 3. The van der Waals surface area contributed by atoms with E-state index in [9.17, 15) is 4.79 Å². The highest BCUT2D eigenvalue weighted by Gasteiger charge is 2.21. The molecule has 1 aromatic carbocycles. The van der Waals surface area contributed by atoms with Gasteiger partial charge in [0.2, 0.25) is 5.91 Å². The molecule has 0 radical (unpaired) electrons. The molecule has 3 N–H and O–H groups in total. The van der Waals surface area contributed by atoms with E-state index in [0.717, 1.165) is 51.5 Å². The number of rotatable bonds is 7. The summed E-state index contributed by atoms with van der Waals surface area (Å²) >= 11 is 0. The van der Waals surface area contributed by atoms with E-state index in [-0.39, 0.29) is 5.91 Å². The third-order valence-electron chi connectivity index (χ3n) is 5.46. The summed E-state index contributed by atoms with van der Waals surface area (Å²) in [5.74, 6) is 0.948. The van der Waals surface area contributed by atoms with Gasteiger partial charge in [-0.3, -0.25) is 9.69 Å². The predicted molar refractivity (Wildman–Crippen MR) is 119 cm³/mol. The smallest absolute Gasteiger partial charge is 0.233 e. The van der Waals surface area contributed by atoms with Crippen molar-refractivity contribution in [2.24, 2.45) is 4.99 Å². The van der Waals surface area contributed by atoms with Crippen molar-refractivity contribution in [3.63, 3.8) is 0 Å². The largest absolute Gasteiger partial charge is 0.364 e. The lowest BCUT2D eigenvalue weighted by Gasteiger charge is -2.32. The van der Waals surface area contributed by atoms with Crippen LogP contribution < -0.4 is 20.9 Å². The number of anilines is 1. The number of likely N-dealkylation sites (N-methyl/N-ethyl adjacent to an activating group) is 1. The zero-order valence-corrected chi connectivity index (χ0v) is 17.7. The van der Waals surface area contributed by atoms with Crippen LogP contribution in [-0.2, 0) is 11.3 Å². The van der Waals surface area contributed by atoms with Crippen LogP contribution in [0.3, 0.4) is 0 Å². The summed E-state index contributed by atoms with van der Waals surface area (Å²) in [4.78, 5) is 20.9. The molecule has 0 spiro atoms. The Hall–Kier alpha value is -2.54. The van der Waals surface area contributed by atoms with E-state index in [4.69, 9.17) is 4.99 Å². The normalized spacial score (nSPS) is 18.1. The van der Waals surface area contributed by atoms with Crippen LogP contribution in [-0.4, -0.2) is 69.1 Å². The Morgan fingerprint density at radius 1 is 1.14 bits per heavy atom. The zero-order valence-electron chi connectivity index (χ0n) is 17.7. The highest BCUT2D eigenvalue weighted by molar-refractivity contribution is 5.80. The average Bonchev–Trinajstić information content (AvgIpc) is 3.29. The molecule has 1 amide bonds. The fraction of sp³-hybridized carbons (Fsp3) is 0.545. The molecule has 0 bridgehead atoms. The second-order valence-electron chi connectivity index (χ2n) is 7.61. The third-order valence-corrected chi connectivity index (χ3v) is 5.46. The van der Waals surface area contributed by atoms with Gasteiger partial charge in [0.05, 0.1) is 13.1 Å². The third kappa shape index (κ3) is 6.49. The minimum Gasteiger partial charge on any atom is -0.364 e. The number of carbonyl (C=O) groups excluding carboxylic acids is 1. The van der Waals surface area contributed by atoms with Crippen LogP contribution >= 0.6 is 0 Å². The highest BCUT2D eigenvalue weighted by atomic mass is 16.1. The first-order valence-electron chi connectivity index (χ1n) is 10.6. The maximum Gasteiger partial charge on any atom is 0.233 e. The molecule has 7 nitrogen and oxygen atoms in total. The Labute approximate surface area is 174 Å². The maximum absolute atomic E-state index is 11.5. The summed E-state index contributed by atoms with van der Waals surface area (Å²) in [6.07, 6.45) is 6.44. The van der Waals surface area contributed by atoms with Crippen molar-refractivity contribution in [1.82, 2.24) is 20.9 Å². The average molecular weight is 399 g/mol. The lowest BCUT2D eigenvalue weighted by molar-refractivity contribution is -0.122. The van der Waals surface area contributed by atoms with Gasteiger partial charge in [0.25, 0.3) is 0 Å². The number of hydrogen-bond acceptors (Lipinski definition) is 4. The van der Waals surface area contributed by atoms with Gasteiger partial charge in [-0.25, -0.2) is 4.99 Å². The standard InChI is InChI=1S/C22H34N6O/c1-3-24-22(26-19-10-14-27(15-11-19)17-21(29)23-2)25-16-18-6-8-20(9-7-18)28-12-4-5-13-28/h4-9,19H,3,10-17H2,1-2H3,(H,23,29)(H2,24,25,26). The molecule has 2 aliphatic rings. The van der Waals surface area contributed by atoms with Gasteiger partial charge in [0.1, 0.15) is 0 Å². The van der Waals surface area contributed by atoms with Gasteiger partial charge >= 0.3 is 0 Å². The predicted octanol–water partition coefficient (Wildman–Crippen LogP) is 1.33. The number of piperidine rings is 1. The second-order valence-corrected chi connectivity index (χ2v) is 7.61. The topological polar surface area (TPSA) is 72.0 Å². The number of guanidine groups is 1. The maximum atomic E-state index is 11.5. The number of likely N-dealkylation sites (tertiary alicyclic amines) is 1. The minimum absolute atomic E-state index is 0.0818. The molecule has 7 heteroatoms. The lowest BCUT2D eigenvalue weighted by atomic mass is 10.1. The molecule has 1 fully saturated rings. The van der Waals surface area contributed by atoms with E-state index in [1.165, 1.54) is 11.3 Å². The molecular formula is C22H34N6O. The quantitative estimate of drug-likeness (QED) is 0.367. The number of nitrogens with zero attached hydrogens (tertiary/aromatic N) is 3. The molecule has 3 rings (SSSR count). The molecule has 29 heavy (non-hydrogen) atoms. The molecule has 0 atom stereocenters. The summed E-state index contributed by atoms with van der Waals surface area (Å²) in [7, 11) is 1.69. The minimum atomic E-state index is 0.0818. The van der Waals surface area contributed by atoms with Crippen molar-refractivity contribution < 1.29 is 4.79 Å². The molecule has 1 aromatic rings. The first-order valence-corrected chi connectivity index (χ1v) is 10.6. The molecule has 0 saturated carbocycles. The van der Waals surface area contributed by atoms with E-state index >= 15 is 0 Å². The molecule has 2 aliphatic heterocycles. The molecule has 0 unspecified atom stereocenters. The van der Waals surface area contributed by atoms with E-state index < -0.39 is 0 Å². The Kier molecular flexibility index (Phi) is 7.93. The van der Waals surface area contributed by atoms with Gasteiger partial charge in [-0.2, -0.15) is 0 Å². The van der Waals surface area contributed by atoms with Crippen molar-refractivity contribution in [2.75, 3.05) is 51.2 Å². The Balaban J connectivity index is 1.49. The van der Waals surface area contributed by atoms with E-state index in [1.807, 2.05) is 0 Å². The number of nitrogens with one attached hydrogen (secondary N) is 3. The van der Waals surface area contributed by atoms with Gasteiger partial charge in [0, 0.05) is 51.5 Å². The van der Waals surface area contributed by atoms with E-state index in [2.05, 4.69) is 69.1 Å². The Bertz CT molecular complexity index is 699. The Morgan fingerprint density at radius 3 is 2.45 bits per heavy atom. The van der Waals surface area contributed by atoms with Gasteiger partial charge in [-0.1, -0.05) is 24.3 Å². The Morgan fingerprint density at radius 2 is 1.83 bits per heavy atom. The first kappa shape index (κ1) is 21.2. The van der Waals surface area contributed by atoms with Gasteiger partial charge in [-0.15, -0.1) is 0 Å². The number of aliphatic imine (C=N–C) groups is 1. The van der Waals surface area contributed by atoms with Crippen LogP contribution in [0.4, 0.5) is 5.69 Å². The van der Waals surface area contributed by atoms with Crippen molar-refractivity contribution in [3.8, 4) is 0 Å². The summed E-state index contributed by atoms with van der Waals surface area (Å²) in [5, 5.41) is 9.61. The zero-order chi connectivity index (χ0) is 20.5. The number of amides is 1. The summed E-state index contributed by atoms with van der Waals surface area (Å²) in [6.45, 7) is 7.91. The van der Waals surface area contributed by atoms with Crippen LogP contribution in [0, 0.1) is 0 Å².